The maximum Gasteiger partial charge on any atom is 0.273 e. The summed E-state index contributed by atoms with van der Waals surface area (Å²) in [5.74, 6) is -2.86. The third-order valence-corrected chi connectivity index (χ3v) is 5.76. The van der Waals surface area contributed by atoms with Gasteiger partial charge in [-0.2, -0.15) is 5.10 Å². The van der Waals surface area contributed by atoms with Gasteiger partial charge in [0.15, 0.2) is 11.5 Å². The number of anilines is 1. The van der Waals surface area contributed by atoms with Gasteiger partial charge < -0.3 is 15.4 Å². The van der Waals surface area contributed by atoms with Crippen molar-refractivity contribution in [2.75, 3.05) is 12.4 Å². The normalized spacial score (nSPS) is 15.0. The largest absolute Gasteiger partial charge is 0.490 e. The highest BCUT2D eigenvalue weighted by Crippen LogP contribution is 2.39. The average molecular weight is 613 g/mol. The van der Waals surface area contributed by atoms with E-state index in [1.54, 1.807) is 31.2 Å². The molecule has 0 aromatic carbocycles. The van der Waals surface area contributed by atoms with Crippen LogP contribution >= 0.6 is 17.0 Å². The van der Waals surface area contributed by atoms with E-state index in [0.29, 0.717) is 29.3 Å². The zero-order valence-corrected chi connectivity index (χ0v) is 22.9. The van der Waals surface area contributed by atoms with Crippen LogP contribution in [0, 0.1) is 6.92 Å². The Balaban J connectivity index is 0.00000420. The van der Waals surface area contributed by atoms with Crippen molar-refractivity contribution in [3.8, 4) is 5.75 Å². The minimum absolute atomic E-state index is 0. The summed E-state index contributed by atoms with van der Waals surface area (Å²) in [5.41, 5.74) is 1.68. The molecule has 2 amide bonds. The van der Waals surface area contributed by atoms with Gasteiger partial charge in [0, 0.05) is 37.7 Å². The van der Waals surface area contributed by atoms with Gasteiger partial charge in [0.05, 0.1) is 30.6 Å². The number of nitrogens with one attached hydrogen (secondary N) is 2. The lowest BCUT2D eigenvalue weighted by molar-refractivity contribution is -0.134. The number of nitrogens with zero attached hydrogens (tertiary/aromatic N) is 6. The number of alkyl halides is 3. The Morgan fingerprint density at radius 2 is 1.95 bits per heavy atom. The molecule has 1 aliphatic rings. The SMILES string of the molecule is Br.CNC(=O)c1cn(CC(F)CCc2ccc(NC(=O)Cc3cc(OC4CC(F)(F)C4)cc(C)n3)nn2)nn1. The van der Waals surface area contributed by atoms with Crippen molar-refractivity contribution in [2.24, 2.45) is 0 Å². The summed E-state index contributed by atoms with van der Waals surface area (Å²) in [5, 5.41) is 20.5. The molecule has 39 heavy (non-hydrogen) atoms. The lowest BCUT2D eigenvalue weighted by atomic mass is 9.91. The van der Waals surface area contributed by atoms with E-state index in [-0.39, 0.29) is 66.6 Å². The molecule has 1 atom stereocenters. The topological polar surface area (TPSA) is 137 Å². The number of rotatable bonds is 11. The predicted octanol–water partition coefficient (Wildman–Crippen LogP) is 3.04. The molecule has 4 rings (SSSR count). The molecule has 1 saturated carbocycles. The summed E-state index contributed by atoms with van der Waals surface area (Å²) in [6.07, 6.45) is -0.695. The molecule has 3 aromatic heterocycles. The number of amides is 2. The Hall–Kier alpha value is -3.62. The summed E-state index contributed by atoms with van der Waals surface area (Å²) in [4.78, 5) is 28.3. The van der Waals surface area contributed by atoms with Gasteiger partial charge in [0.1, 0.15) is 18.0 Å². The first kappa shape index (κ1) is 29.9. The van der Waals surface area contributed by atoms with Crippen LogP contribution in [0.15, 0.2) is 30.5 Å². The summed E-state index contributed by atoms with van der Waals surface area (Å²) < 4.78 is 47.3. The molecule has 0 radical (unpaired) electrons. The third-order valence-electron chi connectivity index (χ3n) is 5.76. The lowest BCUT2D eigenvalue weighted by Gasteiger charge is -2.34. The van der Waals surface area contributed by atoms with Crippen molar-refractivity contribution in [1.82, 2.24) is 35.5 Å². The number of hydrogen-bond acceptors (Lipinski definition) is 8. The van der Waals surface area contributed by atoms with Crippen molar-refractivity contribution in [1.29, 1.82) is 0 Å². The first-order chi connectivity index (χ1) is 18.1. The molecule has 0 bridgehead atoms. The fourth-order valence-corrected chi connectivity index (χ4v) is 3.87. The molecule has 210 valence electrons. The Morgan fingerprint density at radius 1 is 1.18 bits per heavy atom. The van der Waals surface area contributed by atoms with Gasteiger partial charge in [-0.25, -0.2) is 17.9 Å². The number of ether oxygens (including phenoxy) is 1. The van der Waals surface area contributed by atoms with Crippen LogP contribution in [0.4, 0.5) is 19.0 Å². The Kier molecular flexibility index (Phi) is 9.94. The molecule has 11 nitrogen and oxygen atoms in total. The maximum absolute atomic E-state index is 14.4. The molecule has 1 unspecified atom stereocenters. The van der Waals surface area contributed by atoms with Gasteiger partial charge in [-0.05, 0) is 31.9 Å². The van der Waals surface area contributed by atoms with Crippen LogP contribution in [0.1, 0.15) is 46.8 Å². The number of halogens is 4. The molecular formula is C24H28BrF3N8O3. The van der Waals surface area contributed by atoms with Gasteiger partial charge in [0.25, 0.3) is 11.8 Å². The maximum atomic E-state index is 14.4. The molecule has 15 heteroatoms. The van der Waals surface area contributed by atoms with E-state index in [2.05, 4.69) is 36.1 Å². The molecule has 2 N–H and O–H groups in total. The number of aryl methyl sites for hydroxylation is 2. The quantitative estimate of drug-likeness (QED) is 0.337. The van der Waals surface area contributed by atoms with Crippen LogP contribution in [-0.2, 0) is 24.2 Å². The summed E-state index contributed by atoms with van der Waals surface area (Å²) in [7, 11) is 1.47. The van der Waals surface area contributed by atoms with E-state index in [1.807, 2.05) is 0 Å². The van der Waals surface area contributed by atoms with E-state index in [0.717, 1.165) is 0 Å². The molecule has 0 aliphatic heterocycles. The zero-order valence-electron chi connectivity index (χ0n) is 21.2. The van der Waals surface area contributed by atoms with Gasteiger partial charge in [-0.15, -0.1) is 27.2 Å². The fraction of sp³-hybridized carbons (Fsp3) is 0.458. The zero-order chi connectivity index (χ0) is 27.3. The minimum Gasteiger partial charge on any atom is -0.490 e. The second-order valence-electron chi connectivity index (χ2n) is 9.12. The highest BCUT2D eigenvalue weighted by Gasteiger charge is 2.47. The van der Waals surface area contributed by atoms with E-state index in [9.17, 15) is 22.8 Å². The number of carbonyl (C=O) groups is 2. The minimum atomic E-state index is -2.68. The standard InChI is InChI=1S/C24H27F3N8O3.BrH/c1-14-7-18(38-19-10-24(26,27)11-19)8-17(29-14)9-22(36)30-21-6-5-16(31-33-21)4-3-15(25)12-35-13-20(32-34-35)23(37)28-2;/h5-8,13,15,19H,3-4,9-12H2,1-2H3,(H,28,37)(H,30,33,36);1H. The van der Waals surface area contributed by atoms with E-state index < -0.39 is 24.1 Å². The highest BCUT2D eigenvalue weighted by molar-refractivity contribution is 8.93. The molecule has 0 spiro atoms. The average Bonchev–Trinajstić information content (AvgIpc) is 3.30. The third kappa shape index (κ3) is 8.70. The molecule has 0 saturated heterocycles. The fourth-order valence-electron chi connectivity index (χ4n) is 3.87. The Labute approximate surface area is 232 Å². The van der Waals surface area contributed by atoms with Crippen molar-refractivity contribution < 1.29 is 27.5 Å². The van der Waals surface area contributed by atoms with Gasteiger partial charge in [-0.1, -0.05) is 5.21 Å². The van der Waals surface area contributed by atoms with E-state index >= 15 is 0 Å². The Morgan fingerprint density at radius 3 is 2.62 bits per heavy atom. The molecule has 3 heterocycles. The Bertz CT molecular complexity index is 1280. The second kappa shape index (κ2) is 13.0. The van der Waals surface area contributed by atoms with Crippen molar-refractivity contribution in [3.63, 3.8) is 0 Å². The summed E-state index contributed by atoms with van der Waals surface area (Å²) >= 11 is 0. The lowest BCUT2D eigenvalue weighted by Crippen LogP contribution is -2.43. The van der Waals surface area contributed by atoms with Gasteiger partial charge in [-0.3, -0.25) is 14.6 Å². The molecule has 1 fully saturated rings. The first-order valence-corrected chi connectivity index (χ1v) is 12.0. The summed E-state index contributed by atoms with van der Waals surface area (Å²) in [6.45, 7) is 1.67. The first-order valence-electron chi connectivity index (χ1n) is 12.0. The molecule has 1 aliphatic carbocycles. The van der Waals surface area contributed by atoms with E-state index in [4.69, 9.17) is 4.74 Å². The molecule has 3 aromatic rings. The monoisotopic (exact) mass is 612 g/mol. The number of aromatic nitrogens is 6. The number of pyridine rings is 1. The van der Waals surface area contributed by atoms with E-state index in [1.165, 1.54) is 17.9 Å². The van der Waals surface area contributed by atoms with Crippen LogP contribution < -0.4 is 15.4 Å². The van der Waals surface area contributed by atoms with Crippen molar-refractivity contribution >= 4 is 34.6 Å². The van der Waals surface area contributed by atoms with Gasteiger partial charge in [0.2, 0.25) is 5.91 Å². The van der Waals surface area contributed by atoms with Crippen molar-refractivity contribution in [3.05, 3.63) is 53.2 Å². The van der Waals surface area contributed by atoms with Crippen LogP contribution in [0.2, 0.25) is 0 Å². The van der Waals surface area contributed by atoms with Crippen LogP contribution in [0.3, 0.4) is 0 Å². The summed E-state index contributed by atoms with van der Waals surface area (Å²) in [6, 6.07) is 6.40. The predicted molar refractivity (Wildman–Crippen MR) is 139 cm³/mol. The molecular weight excluding hydrogens is 585 g/mol. The van der Waals surface area contributed by atoms with Crippen LogP contribution in [0.25, 0.3) is 0 Å². The van der Waals surface area contributed by atoms with Crippen LogP contribution in [-0.4, -0.2) is 67.2 Å². The van der Waals surface area contributed by atoms with Crippen molar-refractivity contribution in [2.45, 2.75) is 63.8 Å². The number of hydrogen-bond donors (Lipinski definition) is 2. The number of carbonyl (C=O) groups excluding carboxylic acids is 2. The van der Waals surface area contributed by atoms with Gasteiger partial charge >= 0.3 is 0 Å². The van der Waals surface area contributed by atoms with Crippen LogP contribution in [0.5, 0.6) is 5.75 Å². The smallest absolute Gasteiger partial charge is 0.273 e. The highest BCUT2D eigenvalue weighted by atomic mass is 79.9. The second-order valence-corrected chi connectivity index (χ2v) is 9.12.